The number of rotatable bonds is 4. The molecule has 0 radical (unpaired) electrons. The van der Waals surface area contributed by atoms with E-state index in [9.17, 15) is 27.9 Å². The summed E-state index contributed by atoms with van der Waals surface area (Å²) in [5.41, 5.74) is 0.716. The van der Waals surface area contributed by atoms with Crippen LogP contribution in [0.15, 0.2) is 64.6 Å². The minimum Gasteiger partial charge on any atom is -0.507 e. The Morgan fingerprint density at radius 2 is 1.89 bits per heavy atom. The second-order valence-corrected chi connectivity index (χ2v) is 5.89. The van der Waals surface area contributed by atoms with Crippen molar-refractivity contribution < 1.29 is 23.1 Å². The summed E-state index contributed by atoms with van der Waals surface area (Å²) < 4.78 is 38.8. The standard InChI is InChI=1S/C19H14F3N3O3/c20-19(21,22)13-6-8-18(28)25(10-13)11-17(27)24-23-9-15-14-4-2-1-3-12(14)5-7-16(15)26/h1-10,26H,11H2,(H,24,27). The molecule has 0 fully saturated rings. The molecule has 0 aliphatic heterocycles. The Balaban J connectivity index is 1.75. The third kappa shape index (κ3) is 4.20. The number of carbonyl (C=O) groups is 1. The van der Waals surface area contributed by atoms with Gasteiger partial charge < -0.3 is 9.67 Å². The largest absolute Gasteiger partial charge is 0.507 e. The van der Waals surface area contributed by atoms with Crippen molar-refractivity contribution in [2.24, 2.45) is 5.10 Å². The van der Waals surface area contributed by atoms with Crippen molar-refractivity contribution >= 4 is 22.9 Å². The number of halogens is 3. The number of amides is 1. The number of phenols is 1. The Bertz CT molecular complexity index is 1120. The van der Waals surface area contributed by atoms with E-state index in [1.165, 1.54) is 12.3 Å². The van der Waals surface area contributed by atoms with Crippen molar-refractivity contribution in [1.29, 1.82) is 0 Å². The molecule has 0 atom stereocenters. The normalized spacial score (nSPS) is 11.8. The fraction of sp³-hybridized carbons (Fsp3) is 0.105. The predicted octanol–water partition coefficient (Wildman–Crippen LogP) is 2.88. The molecule has 9 heteroatoms. The van der Waals surface area contributed by atoms with Crippen LogP contribution in [0.25, 0.3) is 10.8 Å². The van der Waals surface area contributed by atoms with E-state index in [4.69, 9.17) is 0 Å². The molecule has 0 aliphatic carbocycles. The van der Waals surface area contributed by atoms with Crippen molar-refractivity contribution in [2.75, 3.05) is 0 Å². The molecule has 1 amide bonds. The fourth-order valence-corrected chi connectivity index (χ4v) is 2.60. The Kier molecular flexibility index (Phi) is 5.16. The third-order valence-corrected chi connectivity index (χ3v) is 3.96. The summed E-state index contributed by atoms with van der Waals surface area (Å²) in [5.74, 6) is -0.844. The van der Waals surface area contributed by atoms with E-state index in [-0.39, 0.29) is 5.75 Å². The van der Waals surface area contributed by atoms with Crippen LogP contribution in [0.5, 0.6) is 5.75 Å². The molecule has 144 valence electrons. The number of hydrogen-bond acceptors (Lipinski definition) is 4. The van der Waals surface area contributed by atoms with Gasteiger partial charge in [0.1, 0.15) is 12.3 Å². The molecule has 0 aliphatic rings. The van der Waals surface area contributed by atoms with Crippen LogP contribution in [0.3, 0.4) is 0 Å². The van der Waals surface area contributed by atoms with Crippen molar-refractivity contribution in [1.82, 2.24) is 9.99 Å². The topological polar surface area (TPSA) is 83.7 Å². The van der Waals surface area contributed by atoms with Crippen LogP contribution in [0.2, 0.25) is 0 Å². The number of carbonyl (C=O) groups excluding carboxylic acids is 1. The maximum absolute atomic E-state index is 12.7. The average Bonchev–Trinajstić information content (AvgIpc) is 2.64. The molecule has 1 aromatic heterocycles. The molecule has 0 unspecified atom stereocenters. The quantitative estimate of drug-likeness (QED) is 0.532. The van der Waals surface area contributed by atoms with Gasteiger partial charge in [-0.1, -0.05) is 30.3 Å². The number of alkyl halides is 3. The smallest absolute Gasteiger partial charge is 0.417 e. The summed E-state index contributed by atoms with van der Waals surface area (Å²) in [7, 11) is 0. The molecule has 28 heavy (non-hydrogen) atoms. The van der Waals surface area contributed by atoms with E-state index in [1.54, 1.807) is 18.2 Å². The summed E-state index contributed by atoms with van der Waals surface area (Å²) in [6.07, 6.45) is -2.83. The van der Waals surface area contributed by atoms with E-state index in [0.29, 0.717) is 27.8 Å². The molecule has 2 N–H and O–H groups in total. The molecule has 0 bridgehead atoms. The average molecular weight is 389 g/mol. The maximum Gasteiger partial charge on any atom is 0.417 e. The zero-order valence-corrected chi connectivity index (χ0v) is 14.3. The van der Waals surface area contributed by atoms with Gasteiger partial charge in [-0.2, -0.15) is 18.3 Å². The SMILES string of the molecule is O=C(Cn1cc(C(F)(F)F)ccc1=O)NN=Cc1c(O)ccc2ccccc12. The lowest BCUT2D eigenvalue weighted by atomic mass is 10.0. The highest BCUT2D eigenvalue weighted by atomic mass is 19.4. The van der Waals surface area contributed by atoms with Gasteiger partial charge in [-0.3, -0.25) is 9.59 Å². The molecule has 6 nitrogen and oxygen atoms in total. The molecule has 2 aromatic carbocycles. The van der Waals surface area contributed by atoms with Crippen LogP contribution in [0.4, 0.5) is 13.2 Å². The second-order valence-electron chi connectivity index (χ2n) is 5.89. The van der Waals surface area contributed by atoms with Crippen LogP contribution in [0, 0.1) is 0 Å². The molecule has 0 spiro atoms. The van der Waals surface area contributed by atoms with Crippen LogP contribution < -0.4 is 11.0 Å². The van der Waals surface area contributed by atoms with Crippen molar-refractivity contribution in [3.8, 4) is 5.75 Å². The van der Waals surface area contributed by atoms with E-state index in [2.05, 4.69) is 10.5 Å². The first kappa shape index (κ1) is 19.2. The van der Waals surface area contributed by atoms with Gasteiger partial charge in [0.15, 0.2) is 0 Å². The minimum atomic E-state index is -4.63. The summed E-state index contributed by atoms with van der Waals surface area (Å²) >= 11 is 0. The molecule has 0 saturated heterocycles. The van der Waals surface area contributed by atoms with Gasteiger partial charge in [0.2, 0.25) is 0 Å². The number of benzene rings is 2. The zero-order chi connectivity index (χ0) is 20.3. The highest BCUT2D eigenvalue weighted by Crippen LogP contribution is 2.28. The van der Waals surface area contributed by atoms with Gasteiger partial charge in [0.25, 0.3) is 11.5 Å². The summed E-state index contributed by atoms with van der Waals surface area (Å²) in [5, 5.41) is 15.3. The number of aromatic nitrogens is 1. The molecule has 0 saturated carbocycles. The van der Waals surface area contributed by atoms with E-state index in [1.807, 2.05) is 12.1 Å². The summed E-state index contributed by atoms with van der Waals surface area (Å²) in [4.78, 5) is 23.6. The van der Waals surface area contributed by atoms with Crippen LogP contribution in [-0.4, -0.2) is 21.8 Å². The number of phenolic OH excluding ortho intramolecular Hbond substituents is 1. The number of hydrazone groups is 1. The molecule has 1 heterocycles. The number of fused-ring (bicyclic) bond motifs is 1. The number of nitrogens with one attached hydrogen (secondary N) is 1. The Morgan fingerprint density at radius 3 is 2.64 bits per heavy atom. The fourth-order valence-electron chi connectivity index (χ4n) is 2.60. The summed E-state index contributed by atoms with van der Waals surface area (Å²) in [6, 6.07) is 11.8. The highest BCUT2D eigenvalue weighted by Gasteiger charge is 2.31. The van der Waals surface area contributed by atoms with Gasteiger partial charge in [0, 0.05) is 17.8 Å². The number of aromatic hydroxyl groups is 1. The maximum atomic E-state index is 12.7. The Morgan fingerprint density at radius 1 is 1.14 bits per heavy atom. The van der Waals surface area contributed by atoms with Gasteiger partial charge in [-0.25, -0.2) is 5.43 Å². The van der Waals surface area contributed by atoms with E-state index >= 15 is 0 Å². The van der Waals surface area contributed by atoms with Crippen molar-refractivity contribution in [3.63, 3.8) is 0 Å². The Labute approximate surface area is 156 Å². The van der Waals surface area contributed by atoms with E-state index < -0.39 is 29.8 Å². The summed E-state index contributed by atoms with van der Waals surface area (Å²) in [6.45, 7) is -0.637. The Hall–Kier alpha value is -3.62. The second kappa shape index (κ2) is 7.55. The van der Waals surface area contributed by atoms with E-state index in [0.717, 1.165) is 11.5 Å². The van der Waals surface area contributed by atoms with Gasteiger partial charge in [-0.05, 0) is 22.9 Å². The van der Waals surface area contributed by atoms with Gasteiger partial charge in [-0.15, -0.1) is 0 Å². The minimum absolute atomic E-state index is 0.0502. The lowest BCUT2D eigenvalue weighted by Crippen LogP contribution is -2.30. The lowest BCUT2D eigenvalue weighted by Gasteiger charge is -2.10. The first-order chi connectivity index (χ1) is 13.3. The predicted molar refractivity (Wildman–Crippen MR) is 97.1 cm³/mol. The first-order valence-corrected chi connectivity index (χ1v) is 8.06. The zero-order valence-electron chi connectivity index (χ0n) is 14.3. The number of pyridine rings is 1. The molecular weight excluding hydrogens is 375 g/mol. The number of nitrogens with zero attached hydrogens (tertiary/aromatic N) is 2. The first-order valence-electron chi connectivity index (χ1n) is 8.06. The molecule has 3 aromatic rings. The van der Waals surface area contributed by atoms with Gasteiger partial charge >= 0.3 is 6.18 Å². The third-order valence-electron chi connectivity index (χ3n) is 3.96. The highest BCUT2D eigenvalue weighted by molar-refractivity contribution is 6.02. The van der Waals surface area contributed by atoms with Crippen molar-refractivity contribution in [2.45, 2.75) is 12.7 Å². The van der Waals surface area contributed by atoms with Crippen LogP contribution in [0.1, 0.15) is 11.1 Å². The van der Waals surface area contributed by atoms with Crippen molar-refractivity contribution in [3.05, 3.63) is 76.2 Å². The van der Waals surface area contributed by atoms with Gasteiger partial charge in [0.05, 0.1) is 11.8 Å². The van der Waals surface area contributed by atoms with Crippen LogP contribution in [-0.2, 0) is 17.5 Å². The molecule has 3 rings (SSSR count). The number of hydrogen-bond donors (Lipinski definition) is 2. The molecular formula is C19H14F3N3O3. The van der Waals surface area contributed by atoms with Crippen LogP contribution >= 0.6 is 0 Å². The lowest BCUT2D eigenvalue weighted by molar-refractivity contribution is -0.138. The monoisotopic (exact) mass is 389 g/mol.